The summed E-state index contributed by atoms with van der Waals surface area (Å²) in [5.41, 5.74) is 1.09. The Labute approximate surface area is 103 Å². The molecule has 0 fully saturated rings. The second kappa shape index (κ2) is 7.04. The van der Waals surface area contributed by atoms with Gasteiger partial charge in [0.1, 0.15) is 6.04 Å². The maximum absolute atomic E-state index is 11.9. The third kappa shape index (κ3) is 4.54. The fourth-order valence-electron chi connectivity index (χ4n) is 1.52. The first-order valence-electron chi connectivity index (χ1n) is 5.62. The second-order valence-corrected chi connectivity index (χ2v) is 4.14. The summed E-state index contributed by atoms with van der Waals surface area (Å²) in [6.45, 7) is 0.946. The lowest BCUT2D eigenvalue weighted by atomic mass is 10.2. The summed E-state index contributed by atoms with van der Waals surface area (Å²) in [6.07, 6.45) is 0. The molecule has 0 aliphatic carbocycles. The topological polar surface area (TPSA) is 41.6 Å². The highest BCUT2D eigenvalue weighted by atomic mass is 16.5. The molecule has 1 amide bonds. The fraction of sp³-hybridized carbons (Fsp3) is 0.462. The molecular formula is C13H20N2O2. The highest BCUT2D eigenvalue weighted by Gasteiger charge is 2.19. The molecule has 0 bridgehead atoms. The largest absolute Gasteiger partial charge is 0.383 e. The maximum Gasteiger partial charge on any atom is 0.239 e. The molecule has 0 heterocycles. The van der Waals surface area contributed by atoms with E-state index in [0.717, 1.165) is 5.56 Å². The van der Waals surface area contributed by atoms with E-state index >= 15 is 0 Å². The van der Waals surface area contributed by atoms with Crippen molar-refractivity contribution in [1.29, 1.82) is 0 Å². The number of methoxy groups -OCH3 is 1. The zero-order valence-electron chi connectivity index (χ0n) is 10.6. The van der Waals surface area contributed by atoms with Crippen LogP contribution in [0, 0.1) is 0 Å². The minimum Gasteiger partial charge on any atom is -0.383 e. The van der Waals surface area contributed by atoms with Gasteiger partial charge in [-0.15, -0.1) is 0 Å². The van der Waals surface area contributed by atoms with Crippen LogP contribution in [-0.4, -0.2) is 44.7 Å². The molecule has 0 aliphatic heterocycles. The van der Waals surface area contributed by atoms with Gasteiger partial charge in [-0.05, 0) is 19.7 Å². The van der Waals surface area contributed by atoms with Crippen LogP contribution in [0.4, 0.5) is 0 Å². The van der Waals surface area contributed by atoms with Crippen molar-refractivity contribution in [1.82, 2.24) is 10.2 Å². The number of ether oxygens (including phenoxy) is 1. The Morgan fingerprint density at radius 3 is 2.53 bits per heavy atom. The Balaban J connectivity index is 2.47. The van der Waals surface area contributed by atoms with Crippen LogP contribution >= 0.6 is 0 Å². The molecule has 4 heteroatoms. The van der Waals surface area contributed by atoms with Gasteiger partial charge >= 0.3 is 0 Å². The van der Waals surface area contributed by atoms with Crippen molar-refractivity contribution in [3.63, 3.8) is 0 Å². The van der Waals surface area contributed by atoms with E-state index in [0.29, 0.717) is 13.2 Å². The Hall–Kier alpha value is -1.39. The molecule has 0 radical (unpaired) electrons. The van der Waals surface area contributed by atoms with Gasteiger partial charge in [0.25, 0.3) is 0 Å². The summed E-state index contributed by atoms with van der Waals surface area (Å²) in [7, 11) is 5.33. The van der Waals surface area contributed by atoms with E-state index in [1.54, 1.807) is 7.11 Å². The van der Waals surface area contributed by atoms with E-state index < -0.39 is 0 Å². The van der Waals surface area contributed by atoms with Gasteiger partial charge in [0.2, 0.25) is 5.91 Å². The quantitative estimate of drug-likeness (QED) is 0.797. The molecule has 4 nitrogen and oxygen atoms in total. The zero-order chi connectivity index (χ0) is 12.7. The molecule has 1 N–H and O–H groups in total. The number of nitrogens with one attached hydrogen (secondary N) is 1. The van der Waals surface area contributed by atoms with Gasteiger partial charge in [0.05, 0.1) is 6.61 Å². The first-order valence-corrected chi connectivity index (χ1v) is 5.62. The minimum atomic E-state index is -0.247. The molecule has 94 valence electrons. The van der Waals surface area contributed by atoms with Gasteiger partial charge < -0.3 is 10.1 Å². The molecular weight excluding hydrogens is 216 g/mol. The van der Waals surface area contributed by atoms with Crippen molar-refractivity contribution in [2.45, 2.75) is 12.6 Å². The second-order valence-electron chi connectivity index (χ2n) is 4.14. The molecule has 1 aromatic carbocycles. The van der Waals surface area contributed by atoms with E-state index in [-0.39, 0.29) is 11.9 Å². The molecule has 0 unspecified atom stereocenters. The van der Waals surface area contributed by atoms with Crippen LogP contribution in [-0.2, 0) is 16.1 Å². The van der Waals surface area contributed by atoms with E-state index in [9.17, 15) is 4.79 Å². The van der Waals surface area contributed by atoms with Gasteiger partial charge in [-0.1, -0.05) is 30.3 Å². The Bertz CT molecular complexity index is 339. The van der Waals surface area contributed by atoms with Gasteiger partial charge in [-0.25, -0.2) is 0 Å². The molecule has 1 rings (SSSR count). The first-order chi connectivity index (χ1) is 8.15. The Morgan fingerprint density at radius 1 is 1.35 bits per heavy atom. The van der Waals surface area contributed by atoms with Crippen LogP contribution in [0.15, 0.2) is 30.3 Å². The number of carbonyl (C=O) groups excluding carboxylic acids is 1. The van der Waals surface area contributed by atoms with Gasteiger partial charge in [-0.3, -0.25) is 9.69 Å². The summed E-state index contributed by atoms with van der Waals surface area (Å²) >= 11 is 0. The lowest BCUT2D eigenvalue weighted by Gasteiger charge is -2.22. The SMILES string of the molecule is COC[C@H](C(=O)NCc1ccccc1)N(C)C. The predicted molar refractivity (Wildman–Crippen MR) is 67.6 cm³/mol. The van der Waals surface area contributed by atoms with Crippen molar-refractivity contribution >= 4 is 5.91 Å². The predicted octanol–water partition coefficient (Wildman–Crippen LogP) is 0.879. The summed E-state index contributed by atoms with van der Waals surface area (Å²) < 4.78 is 5.04. The van der Waals surface area contributed by atoms with Crippen molar-refractivity contribution in [3.05, 3.63) is 35.9 Å². The van der Waals surface area contributed by atoms with Crippen LogP contribution < -0.4 is 5.32 Å². The smallest absolute Gasteiger partial charge is 0.239 e. The van der Waals surface area contributed by atoms with Crippen LogP contribution in [0.3, 0.4) is 0 Å². The highest BCUT2D eigenvalue weighted by molar-refractivity contribution is 5.81. The van der Waals surface area contributed by atoms with Crippen LogP contribution in [0.5, 0.6) is 0 Å². The standard InChI is InChI=1S/C13H20N2O2/c1-15(2)12(10-17-3)13(16)14-9-11-7-5-4-6-8-11/h4-8,12H,9-10H2,1-3H3,(H,14,16)/t12-/m1/s1. The fourth-order valence-corrected chi connectivity index (χ4v) is 1.52. The number of hydrogen-bond acceptors (Lipinski definition) is 3. The lowest BCUT2D eigenvalue weighted by molar-refractivity contribution is -0.127. The van der Waals surface area contributed by atoms with Crippen LogP contribution in [0.2, 0.25) is 0 Å². The van der Waals surface area contributed by atoms with E-state index in [4.69, 9.17) is 4.74 Å². The van der Waals surface area contributed by atoms with Crippen LogP contribution in [0.25, 0.3) is 0 Å². The number of benzene rings is 1. The highest BCUT2D eigenvalue weighted by Crippen LogP contribution is 1.99. The molecule has 0 spiro atoms. The Kier molecular flexibility index (Phi) is 5.66. The summed E-state index contributed by atoms with van der Waals surface area (Å²) in [5, 5.41) is 2.90. The number of amides is 1. The normalized spacial score (nSPS) is 12.5. The van der Waals surface area contributed by atoms with Crippen LogP contribution in [0.1, 0.15) is 5.56 Å². The van der Waals surface area contributed by atoms with E-state index in [2.05, 4.69) is 5.32 Å². The Morgan fingerprint density at radius 2 is 2.00 bits per heavy atom. The summed E-state index contributed by atoms with van der Waals surface area (Å²) in [6, 6.07) is 9.60. The summed E-state index contributed by atoms with van der Waals surface area (Å²) in [5.74, 6) is -0.0132. The molecule has 0 aromatic heterocycles. The van der Waals surface area contributed by atoms with Crippen molar-refractivity contribution in [2.75, 3.05) is 27.8 Å². The number of hydrogen-bond donors (Lipinski definition) is 1. The molecule has 17 heavy (non-hydrogen) atoms. The molecule has 0 aliphatic rings. The van der Waals surface area contributed by atoms with E-state index in [1.165, 1.54) is 0 Å². The van der Waals surface area contributed by atoms with Gasteiger partial charge in [-0.2, -0.15) is 0 Å². The monoisotopic (exact) mass is 236 g/mol. The summed E-state index contributed by atoms with van der Waals surface area (Å²) in [4.78, 5) is 13.8. The first kappa shape index (κ1) is 13.7. The van der Waals surface area contributed by atoms with Gasteiger partial charge in [0, 0.05) is 13.7 Å². The number of rotatable bonds is 6. The third-order valence-electron chi connectivity index (χ3n) is 2.56. The average Bonchev–Trinajstić information content (AvgIpc) is 2.34. The lowest BCUT2D eigenvalue weighted by Crippen LogP contribution is -2.45. The number of carbonyl (C=O) groups is 1. The van der Waals surface area contributed by atoms with Crippen molar-refractivity contribution in [3.8, 4) is 0 Å². The molecule has 1 aromatic rings. The van der Waals surface area contributed by atoms with Crippen molar-refractivity contribution < 1.29 is 9.53 Å². The number of likely N-dealkylation sites (N-methyl/N-ethyl adjacent to an activating group) is 1. The molecule has 0 saturated heterocycles. The average molecular weight is 236 g/mol. The zero-order valence-corrected chi connectivity index (χ0v) is 10.6. The molecule has 0 saturated carbocycles. The minimum absolute atomic E-state index is 0.0132. The number of nitrogens with zero attached hydrogens (tertiary/aromatic N) is 1. The van der Waals surface area contributed by atoms with E-state index in [1.807, 2.05) is 49.3 Å². The third-order valence-corrected chi connectivity index (χ3v) is 2.56. The maximum atomic E-state index is 11.9. The molecule has 1 atom stereocenters. The van der Waals surface area contributed by atoms with Crippen molar-refractivity contribution in [2.24, 2.45) is 0 Å². The van der Waals surface area contributed by atoms with Gasteiger partial charge in [0.15, 0.2) is 0 Å².